The normalized spacial score (nSPS) is 10.3. The molecule has 0 aliphatic rings. The molecule has 0 aliphatic heterocycles. The molecule has 2 N–H and O–H groups in total. The molecule has 0 aliphatic carbocycles. The second-order valence-corrected chi connectivity index (χ2v) is 4.13. The summed E-state index contributed by atoms with van der Waals surface area (Å²) >= 11 is 6.26. The predicted octanol–water partition coefficient (Wildman–Crippen LogP) is 3.47. The minimum absolute atomic E-state index is 0.492. The fourth-order valence-electron chi connectivity index (χ4n) is 1.77. The van der Waals surface area contributed by atoms with E-state index in [1.54, 1.807) is 7.11 Å². The summed E-state index contributed by atoms with van der Waals surface area (Å²) in [6, 6.07) is 13.7. The number of hydrogen-bond donors (Lipinski definition) is 1. The second-order valence-electron chi connectivity index (χ2n) is 3.72. The third-order valence-electron chi connectivity index (χ3n) is 2.67. The van der Waals surface area contributed by atoms with Gasteiger partial charge in [0, 0.05) is 22.7 Å². The first-order chi connectivity index (χ1) is 8.26. The molecule has 0 aromatic heterocycles. The third-order valence-corrected chi connectivity index (χ3v) is 2.98. The van der Waals surface area contributed by atoms with Gasteiger partial charge in [-0.2, -0.15) is 0 Å². The van der Waals surface area contributed by atoms with E-state index in [9.17, 15) is 0 Å². The Balaban J connectivity index is 2.53. The van der Waals surface area contributed by atoms with Gasteiger partial charge >= 0.3 is 0 Å². The largest absolute Gasteiger partial charge is 0.496 e. The molecule has 0 unspecified atom stereocenters. The lowest BCUT2D eigenvalue weighted by Crippen LogP contribution is -1.96. The topological polar surface area (TPSA) is 35.2 Å². The Labute approximate surface area is 106 Å². The second kappa shape index (κ2) is 5.21. The average Bonchev–Trinajstić information content (AvgIpc) is 2.38. The molecule has 0 amide bonds. The van der Waals surface area contributed by atoms with Crippen molar-refractivity contribution in [3.05, 3.63) is 53.1 Å². The molecular formula is C14H14ClNO. The van der Waals surface area contributed by atoms with Gasteiger partial charge < -0.3 is 10.5 Å². The lowest BCUT2D eigenvalue weighted by atomic mass is 10.0. The zero-order valence-corrected chi connectivity index (χ0v) is 10.4. The number of para-hydroxylation sites is 1. The SMILES string of the molecule is COc1ccccc1-c1ccc(CN)cc1Cl. The minimum Gasteiger partial charge on any atom is -0.496 e. The lowest BCUT2D eigenvalue weighted by Gasteiger charge is -2.10. The molecule has 2 nitrogen and oxygen atoms in total. The molecule has 0 bridgehead atoms. The molecule has 3 heteroatoms. The van der Waals surface area contributed by atoms with Gasteiger partial charge in [-0.15, -0.1) is 0 Å². The maximum Gasteiger partial charge on any atom is 0.126 e. The number of hydrogen-bond acceptors (Lipinski definition) is 2. The third kappa shape index (κ3) is 2.43. The van der Waals surface area contributed by atoms with Crippen LogP contribution in [0.2, 0.25) is 5.02 Å². The Morgan fingerprint density at radius 3 is 2.53 bits per heavy atom. The number of benzene rings is 2. The van der Waals surface area contributed by atoms with E-state index in [0.29, 0.717) is 11.6 Å². The van der Waals surface area contributed by atoms with Crippen molar-refractivity contribution in [1.29, 1.82) is 0 Å². The van der Waals surface area contributed by atoms with E-state index in [4.69, 9.17) is 22.1 Å². The van der Waals surface area contributed by atoms with Gasteiger partial charge in [0.25, 0.3) is 0 Å². The number of halogens is 1. The first kappa shape index (κ1) is 12.0. The van der Waals surface area contributed by atoms with E-state index in [2.05, 4.69) is 0 Å². The van der Waals surface area contributed by atoms with E-state index < -0.39 is 0 Å². The van der Waals surface area contributed by atoms with E-state index >= 15 is 0 Å². The van der Waals surface area contributed by atoms with Crippen molar-refractivity contribution in [2.45, 2.75) is 6.54 Å². The minimum atomic E-state index is 0.492. The highest BCUT2D eigenvalue weighted by molar-refractivity contribution is 6.33. The molecule has 17 heavy (non-hydrogen) atoms. The predicted molar refractivity (Wildman–Crippen MR) is 71.3 cm³/mol. The Bertz CT molecular complexity index is 525. The van der Waals surface area contributed by atoms with Gasteiger partial charge in [0.2, 0.25) is 0 Å². The van der Waals surface area contributed by atoms with Gasteiger partial charge in [-0.25, -0.2) is 0 Å². The molecule has 2 aromatic carbocycles. The summed E-state index contributed by atoms with van der Waals surface area (Å²) in [5.41, 5.74) is 8.55. The van der Waals surface area contributed by atoms with Crippen molar-refractivity contribution in [2.75, 3.05) is 7.11 Å². The van der Waals surface area contributed by atoms with Crippen molar-refractivity contribution in [2.24, 2.45) is 5.73 Å². The standard InChI is InChI=1S/C14H14ClNO/c1-17-14-5-3-2-4-12(14)11-7-6-10(9-16)8-13(11)15/h2-8H,9,16H2,1H3. The monoisotopic (exact) mass is 247 g/mol. The molecule has 2 rings (SSSR count). The fourth-order valence-corrected chi connectivity index (χ4v) is 2.08. The Kier molecular flexibility index (Phi) is 3.67. The lowest BCUT2D eigenvalue weighted by molar-refractivity contribution is 0.416. The van der Waals surface area contributed by atoms with Gasteiger partial charge in [-0.1, -0.05) is 41.9 Å². The van der Waals surface area contributed by atoms with Gasteiger partial charge in [-0.05, 0) is 17.7 Å². The number of rotatable bonds is 3. The number of nitrogens with two attached hydrogens (primary N) is 1. The molecule has 0 fully saturated rings. The number of methoxy groups -OCH3 is 1. The molecule has 2 aromatic rings. The van der Waals surface area contributed by atoms with Crippen LogP contribution >= 0.6 is 11.6 Å². The molecule has 0 heterocycles. The maximum absolute atomic E-state index is 6.26. The van der Waals surface area contributed by atoms with Crippen LogP contribution in [-0.4, -0.2) is 7.11 Å². The van der Waals surface area contributed by atoms with Crippen LogP contribution in [0.3, 0.4) is 0 Å². The zero-order chi connectivity index (χ0) is 12.3. The number of ether oxygens (including phenoxy) is 1. The van der Waals surface area contributed by atoms with Crippen LogP contribution in [-0.2, 0) is 6.54 Å². The summed E-state index contributed by atoms with van der Waals surface area (Å²) in [6.07, 6.45) is 0. The Hall–Kier alpha value is -1.51. The van der Waals surface area contributed by atoms with E-state index in [-0.39, 0.29) is 0 Å². The first-order valence-corrected chi connectivity index (χ1v) is 5.76. The summed E-state index contributed by atoms with van der Waals surface area (Å²) in [4.78, 5) is 0. The van der Waals surface area contributed by atoms with Crippen LogP contribution in [0.15, 0.2) is 42.5 Å². The van der Waals surface area contributed by atoms with Crippen molar-refractivity contribution in [3.63, 3.8) is 0 Å². The van der Waals surface area contributed by atoms with Crippen LogP contribution in [0.25, 0.3) is 11.1 Å². The average molecular weight is 248 g/mol. The fraction of sp³-hybridized carbons (Fsp3) is 0.143. The summed E-state index contributed by atoms with van der Waals surface area (Å²) in [6.45, 7) is 0.492. The molecule has 88 valence electrons. The van der Waals surface area contributed by atoms with Crippen molar-refractivity contribution >= 4 is 11.6 Å². The maximum atomic E-state index is 6.26. The molecule has 0 atom stereocenters. The quantitative estimate of drug-likeness (QED) is 0.901. The van der Waals surface area contributed by atoms with Gasteiger partial charge in [0.1, 0.15) is 5.75 Å². The zero-order valence-electron chi connectivity index (χ0n) is 9.61. The van der Waals surface area contributed by atoms with Crippen molar-refractivity contribution in [1.82, 2.24) is 0 Å². The molecule has 0 spiro atoms. The first-order valence-electron chi connectivity index (χ1n) is 5.38. The van der Waals surface area contributed by atoms with Crippen LogP contribution < -0.4 is 10.5 Å². The Morgan fingerprint density at radius 1 is 1.12 bits per heavy atom. The molecule has 0 radical (unpaired) electrons. The van der Waals surface area contributed by atoms with Gasteiger partial charge in [0.15, 0.2) is 0 Å². The van der Waals surface area contributed by atoms with Crippen molar-refractivity contribution in [3.8, 4) is 16.9 Å². The highest BCUT2D eigenvalue weighted by atomic mass is 35.5. The summed E-state index contributed by atoms with van der Waals surface area (Å²) in [5.74, 6) is 0.815. The van der Waals surface area contributed by atoms with Crippen molar-refractivity contribution < 1.29 is 4.74 Å². The van der Waals surface area contributed by atoms with Gasteiger partial charge in [0.05, 0.1) is 7.11 Å². The van der Waals surface area contributed by atoms with Gasteiger partial charge in [-0.3, -0.25) is 0 Å². The Morgan fingerprint density at radius 2 is 1.88 bits per heavy atom. The summed E-state index contributed by atoms with van der Waals surface area (Å²) in [7, 11) is 1.65. The van der Waals surface area contributed by atoms with Crippen LogP contribution in [0, 0.1) is 0 Å². The molecule has 0 saturated carbocycles. The smallest absolute Gasteiger partial charge is 0.126 e. The van der Waals surface area contributed by atoms with Crippen LogP contribution in [0.4, 0.5) is 0 Å². The van der Waals surface area contributed by atoms with Crippen LogP contribution in [0.1, 0.15) is 5.56 Å². The summed E-state index contributed by atoms with van der Waals surface area (Å²) in [5, 5.41) is 0.692. The highest BCUT2D eigenvalue weighted by Crippen LogP contribution is 2.34. The van der Waals surface area contributed by atoms with Crippen LogP contribution in [0.5, 0.6) is 5.75 Å². The van der Waals surface area contributed by atoms with E-state index in [1.807, 2.05) is 42.5 Å². The van der Waals surface area contributed by atoms with E-state index in [0.717, 1.165) is 22.4 Å². The molecule has 0 saturated heterocycles. The van der Waals surface area contributed by atoms with E-state index in [1.165, 1.54) is 0 Å². The molecular weight excluding hydrogens is 234 g/mol. The highest BCUT2D eigenvalue weighted by Gasteiger charge is 2.08. The summed E-state index contributed by atoms with van der Waals surface area (Å²) < 4.78 is 5.33.